The van der Waals surface area contributed by atoms with Gasteiger partial charge in [-0.15, -0.1) is 0 Å². The predicted octanol–water partition coefficient (Wildman–Crippen LogP) is 4.40. The van der Waals surface area contributed by atoms with Crippen LogP contribution in [-0.4, -0.2) is 17.8 Å². The fourth-order valence-corrected chi connectivity index (χ4v) is 3.11. The number of halogens is 2. The number of thiocarbonyl (C=S) groups is 1. The average molecular weight is 328 g/mol. The highest BCUT2D eigenvalue weighted by Crippen LogP contribution is 2.29. The zero-order chi connectivity index (χ0) is 16.1. The highest BCUT2D eigenvalue weighted by atomic mass is 32.1. The second kappa shape index (κ2) is 7.72. The lowest BCUT2D eigenvalue weighted by molar-refractivity contribution is -0.0498. The van der Waals surface area contributed by atoms with Crippen LogP contribution >= 0.6 is 12.2 Å². The van der Waals surface area contributed by atoms with Crippen LogP contribution in [0.4, 0.5) is 14.5 Å². The van der Waals surface area contributed by atoms with Crippen LogP contribution in [0.5, 0.6) is 5.75 Å². The maximum Gasteiger partial charge on any atom is 0.387 e. The van der Waals surface area contributed by atoms with Gasteiger partial charge in [0.25, 0.3) is 0 Å². The van der Waals surface area contributed by atoms with Gasteiger partial charge in [0.15, 0.2) is 5.11 Å². The number of benzene rings is 1. The quantitative estimate of drug-likeness (QED) is 0.803. The van der Waals surface area contributed by atoms with Crippen LogP contribution in [0.2, 0.25) is 0 Å². The molecule has 22 heavy (non-hydrogen) atoms. The van der Waals surface area contributed by atoms with Gasteiger partial charge in [0.2, 0.25) is 0 Å². The van der Waals surface area contributed by atoms with Gasteiger partial charge in [-0.1, -0.05) is 26.7 Å². The number of ether oxygens (including phenoxy) is 1. The van der Waals surface area contributed by atoms with Gasteiger partial charge in [0.05, 0.1) is 0 Å². The molecule has 1 saturated carbocycles. The van der Waals surface area contributed by atoms with E-state index >= 15 is 0 Å². The monoisotopic (exact) mass is 328 g/mol. The molecule has 1 fully saturated rings. The van der Waals surface area contributed by atoms with E-state index in [9.17, 15) is 8.78 Å². The van der Waals surface area contributed by atoms with Gasteiger partial charge < -0.3 is 15.4 Å². The van der Waals surface area contributed by atoms with E-state index in [4.69, 9.17) is 12.2 Å². The lowest BCUT2D eigenvalue weighted by Gasteiger charge is -2.35. The normalized spacial score (nSPS) is 24.9. The molecular formula is C16H22F2N2OS. The van der Waals surface area contributed by atoms with Crippen LogP contribution in [0, 0.1) is 11.8 Å². The third-order valence-electron chi connectivity index (χ3n) is 4.36. The van der Waals surface area contributed by atoms with Gasteiger partial charge in [-0.05, 0) is 54.7 Å². The van der Waals surface area contributed by atoms with E-state index in [-0.39, 0.29) is 5.75 Å². The van der Waals surface area contributed by atoms with Crippen molar-refractivity contribution in [2.45, 2.75) is 45.8 Å². The predicted molar refractivity (Wildman–Crippen MR) is 88.4 cm³/mol. The Morgan fingerprint density at radius 2 is 1.91 bits per heavy atom. The molecule has 0 amide bonds. The van der Waals surface area contributed by atoms with Crippen molar-refractivity contribution in [3.63, 3.8) is 0 Å². The minimum absolute atomic E-state index is 0.133. The van der Waals surface area contributed by atoms with E-state index in [1.165, 1.54) is 25.0 Å². The lowest BCUT2D eigenvalue weighted by Crippen LogP contribution is -2.45. The van der Waals surface area contributed by atoms with Crippen molar-refractivity contribution in [1.29, 1.82) is 0 Å². The van der Waals surface area contributed by atoms with Crippen molar-refractivity contribution in [3.8, 4) is 5.75 Å². The van der Waals surface area contributed by atoms with Gasteiger partial charge in [-0.2, -0.15) is 8.78 Å². The molecule has 1 aliphatic carbocycles. The van der Waals surface area contributed by atoms with E-state index in [1.807, 2.05) is 0 Å². The summed E-state index contributed by atoms with van der Waals surface area (Å²) in [5, 5.41) is 7.01. The Bertz CT molecular complexity index is 495. The van der Waals surface area contributed by atoms with Crippen LogP contribution in [-0.2, 0) is 0 Å². The number of rotatable bonds is 4. The molecular weight excluding hydrogens is 306 g/mol. The smallest absolute Gasteiger partial charge is 0.387 e. The number of hydrogen-bond donors (Lipinski definition) is 2. The molecule has 2 N–H and O–H groups in total. The summed E-state index contributed by atoms with van der Waals surface area (Å²) in [5.74, 6) is 1.41. The van der Waals surface area contributed by atoms with Gasteiger partial charge >= 0.3 is 6.61 Å². The summed E-state index contributed by atoms with van der Waals surface area (Å²) in [7, 11) is 0. The largest absolute Gasteiger partial charge is 0.435 e. The summed E-state index contributed by atoms with van der Waals surface area (Å²) in [6, 6.07) is 6.69. The fraction of sp³-hybridized carbons (Fsp3) is 0.562. The molecule has 1 aromatic carbocycles. The first-order chi connectivity index (χ1) is 10.5. The lowest BCUT2D eigenvalue weighted by atomic mass is 9.78. The van der Waals surface area contributed by atoms with E-state index in [2.05, 4.69) is 29.2 Å². The summed E-state index contributed by atoms with van der Waals surface area (Å²) < 4.78 is 28.5. The Morgan fingerprint density at radius 3 is 2.55 bits per heavy atom. The van der Waals surface area contributed by atoms with E-state index < -0.39 is 6.61 Å². The van der Waals surface area contributed by atoms with Crippen molar-refractivity contribution in [1.82, 2.24) is 5.32 Å². The first-order valence-corrected chi connectivity index (χ1v) is 7.99. The first kappa shape index (κ1) is 16.9. The molecule has 0 spiro atoms. The standard InChI is InChI=1S/C16H22F2N2OS/c1-10-4-3-5-14(11(10)2)20-16(22)19-12-6-8-13(9-7-12)21-15(17)18/h6-11,14-15H,3-5H2,1-2H3,(H2,19,20,22)/t10-,11+,14+/m0/s1. The van der Waals surface area contributed by atoms with Crippen molar-refractivity contribution >= 4 is 23.0 Å². The SMILES string of the molecule is C[C@@H]1[C@@H](C)CCC[C@H]1NC(=S)Nc1ccc(OC(F)F)cc1. The number of nitrogens with one attached hydrogen (secondary N) is 2. The van der Waals surface area contributed by atoms with Crippen LogP contribution in [0.3, 0.4) is 0 Å². The zero-order valence-corrected chi connectivity index (χ0v) is 13.6. The van der Waals surface area contributed by atoms with E-state index in [0.717, 1.165) is 12.1 Å². The van der Waals surface area contributed by atoms with Crippen molar-refractivity contribution in [2.24, 2.45) is 11.8 Å². The second-order valence-corrected chi connectivity index (χ2v) is 6.28. The highest BCUT2D eigenvalue weighted by molar-refractivity contribution is 7.80. The Hall–Kier alpha value is -1.43. The molecule has 2 rings (SSSR count). The van der Waals surface area contributed by atoms with Gasteiger partial charge in [-0.25, -0.2) is 0 Å². The number of alkyl halides is 2. The second-order valence-electron chi connectivity index (χ2n) is 5.88. The van der Waals surface area contributed by atoms with Crippen LogP contribution in [0.1, 0.15) is 33.1 Å². The molecule has 6 heteroatoms. The summed E-state index contributed by atoms with van der Waals surface area (Å²) in [6.07, 6.45) is 3.60. The number of hydrogen-bond acceptors (Lipinski definition) is 2. The molecule has 0 heterocycles. The van der Waals surface area contributed by atoms with E-state index in [0.29, 0.717) is 23.0 Å². The molecule has 0 bridgehead atoms. The van der Waals surface area contributed by atoms with Gasteiger partial charge in [-0.3, -0.25) is 0 Å². The molecule has 122 valence electrons. The third kappa shape index (κ3) is 4.80. The van der Waals surface area contributed by atoms with Crippen molar-refractivity contribution in [3.05, 3.63) is 24.3 Å². The molecule has 0 saturated heterocycles. The maximum atomic E-state index is 12.1. The molecule has 0 aromatic heterocycles. The minimum Gasteiger partial charge on any atom is -0.435 e. The Kier molecular flexibility index (Phi) is 5.94. The molecule has 0 radical (unpaired) electrons. The third-order valence-corrected chi connectivity index (χ3v) is 4.58. The topological polar surface area (TPSA) is 33.3 Å². The van der Waals surface area contributed by atoms with Crippen LogP contribution < -0.4 is 15.4 Å². The average Bonchev–Trinajstić information content (AvgIpc) is 2.45. The van der Waals surface area contributed by atoms with Crippen LogP contribution in [0.25, 0.3) is 0 Å². The van der Waals surface area contributed by atoms with Gasteiger partial charge in [0, 0.05) is 11.7 Å². The molecule has 3 nitrogen and oxygen atoms in total. The Labute approximate surface area is 135 Å². The summed E-state index contributed by atoms with van der Waals surface area (Å²) in [5.41, 5.74) is 0.746. The maximum absolute atomic E-state index is 12.1. The molecule has 1 aromatic rings. The zero-order valence-electron chi connectivity index (χ0n) is 12.8. The molecule has 3 atom stereocenters. The molecule has 1 aliphatic rings. The summed E-state index contributed by atoms with van der Waals surface area (Å²) in [4.78, 5) is 0. The van der Waals surface area contributed by atoms with E-state index in [1.54, 1.807) is 12.1 Å². The molecule has 0 unspecified atom stereocenters. The van der Waals surface area contributed by atoms with Crippen molar-refractivity contribution < 1.29 is 13.5 Å². The van der Waals surface area contributed by atoms with Crippen molar-refractivity contribution in [2.75, 3.05) is 5.32 Å². The Balaban J connectivity index is 1.86. The summed E-state index contributed by atoms with van der Waals surface area (Å²) >= 11 is 5.34. The van der Waals surface area contributed by atoms with Gasteiger partial charge in [0.1, 0.15) is 5.75 Å². The highest BCUT2D eigenvalue weighted by Gasteiger charge is 2.27. The summed E-state index contributed by atoms with van der Waals surface area (Å²) in [6.45, 7) is 1.72. The first-order valence-electron chi connectivity index (χ1n) is 7.58. The fourth-order valence-electron chi connectivity index (χ4n) is 2.84. The minimum atomic E-state index is -2.81. The van der Waals surface area contributed by atoms with Crippen LogP contribution in [0.15, 0.2) is 24.3 Å². The Morgan fingerprint density at radius 1 is 1.23 bits per heavy atom. The number of anilines is 1. The molecule has 0 aliphatic heterocycles.